The number of para-hydroxylation sites is 1. The van der Waals surface area contributed by atoms with Crippen LogP contribution in [0.15, 0.2) is 52.9 Å². The lowest BCUT2D eigenvalue weighted by molar-refractivity contribution is -0.122. The molecule has 25 heavy (non-hydrogen) atoms. The van der Waals surface area contributed by atoms with E-state index in [1.807, 2.05) is 55.5 Å². The molecule has 1 atom stereocenters. The number of carbonyl (C=O) groups excluding carboxylic acids is 1. The summed E-state index contributed by atoms with van der Waals surface area (Å²) in [4.78, 5) is 16.8. The molecule has 5 nitrogen and oxygen atoms in total. The van der Waals surface area contributed by atoms with Crippen LogP contribution in [-0.4, -0.2) is 24.0 Å². The highest BCUT2D eigenvalue weighted by atomic mass is 35.5. The quantitative estimate of drug-likeness (QED) is 0.709. The maximum atomic E-state index is 12.3. The van der Waals surface area contributed by atoms with Gasteiger partial charge in [0.15, 0.2) is 11.5 Å². The molecular formula is C19H22ClN3O2. The molecule has 1 heterocycles. The fourth-order valence-corrected chi connectivity index (χ4v) is 2.73. The van der Waals surface area contributed by atoms with Crippen molar-refractivity contribution < 1.29 is 9.21 Å². The van der Waals surface area contributed by atoms with Gasteiger partial charge in [-0.05, 0) is 24.1 Å². The van der Waals surface area contributed by atoms with Gasteiger partial charge in [0, 0.05) is 19.5 Å². The molecule has 0 bridgehead atoms. The van der Waals surface area contributed by atoms with E-state index in [0.717, 1.165) is 22.2 Å². The van der Waals surface area contributed by atoms with E-state index >= 15 is 0 Å². The number of benzene rings is 2. The van der Waals surface area contributed by atoms with Crippen LogP contribution in [0.1, 0.15) is 22.9 Å². The minimum absolute atomic E-state index is 0. The Morgan fingerprint density at radius 2 is 1.96 bits per heavy atom. The van der Waals surface area contributed by atoms with Crippen molar-refractivity contribution in [2.75, 3.05) is 13.1 Å². The molecule has 0 saturated heterocycles. The van der Waals surface area contributed by atoms with E-state index < -0.39 is 0 Å². The summed E-state index contributed by atoms with van der Waals surface area (Å²) in [6.45, 7) is 2.74. The van der Waals surface area contributed by atoms with Crippen molar-refractivity contribution in [3.8, 4) is 0 Å². The Bertz CT molecular complexity index is 833. The summed E-state index contributed by atoms with van der Waals surface area (Å²) in [7, 11) is 0. The second-order valence-corrected chi connectivity index (χ2v) is 5.77. The molecule has 0 aliphatic heterocycles. The van der Waals surface area contributed by atoms with Crippen molar-refractivity contribution in [3.05, 3.63) is 65.5 Å². The average Bonchev–Trinajstić information content (AvgIpc) is 3.01. The van der Waals surface area contributed by atoms with Gasteiger partial charge in [0.05, 0.1) is 5.92 Å². The van der Waals surface area contributed by atoms with E-state index in [0.29, 0.717) is 18.9 Å². The van der Waals surface area contributed by atoms with Gasteiger partial charge in [-0.1, -0.05) is 42.5 Å². The van der Waals surface area contributed by atoms with Crippen molar-refractivity contribution in [2.24, 2.45) is 5.73 Å². The smallest absolute Gasteiger partial charge is 0.228 e. The number of aryl methyl sites for hydroxylation is 1. The minimum Gasteiger partial charge on any atom is -0.441 e. The Hall–Kier alpha value is -2.37. The fraction of sp³-hybridized carbons (Fsp3) is 0.263. The Balaban J connectivity index is 0.00000225. The maximum absolute atomic E-state index is 12.3. The zero-order chi connectivity index (χ0) is 16.9. The summed E-state index contributed by atoms with van der Waals surface area (Å²) in [6.07, 6.45) is 0.548. The van der Waals surface area contributed by atoms with E-state index in [1.165, 1.54) is 0 Å². The summed E-state index contributed by atoms with van der Waals surface area (Å²) in [6, 6.07) is 15.4. The second-order valence-electron chi connectivity index (χ2n) is 5.77. The predicted octanol–water partition coefficient (Wildman–Crippen LogP) is 2.96. The average molecular weight is 360 g/mol. The standard InChI is InChI=1S/C19H21N3O2.ClH/c1-13-6-5-9-16-18(13)22-17(24-16)10-11-21-19(23)15(12-20)14-7-3-2-4-8-14;/h2-9,15H,10-12,20H2,1H3,(H,21,23);1H. The van der Waals surface area contributed by atoms with Crippen LogP contribution in [0.25, 0.3) is 11.1 Å². The molecule has 0 radical (unpaired) electrons. The number of halogens is 1. The van der Waals surface area contributed by atoms with Crippen LogP contribution < -0.4 is 11.1 Å². The van der Waals surface area contributed by atoms with Gasteiger partial charge in [0.1, 0.15) is 5.52 Å². The highest BCUT2D eigenvalue weighted by Crippen LogP contribution is 2.19. The molecule has 2 aromatic carbocycles. The number of fused-ring (bicyclic) bond motifs is 1. The Morgan fingerprint density at radius 1 is 1.20 bits per heavy atom. The van der Waals surface area contributed by atoms with Gasteiger partial charge in [-0.25, -0.2) is 4.98 Å². The zero-order valence-electron chi connectivity index (χ0n) is 14.1. The first-order valence-corrected chi connectivity index (χ1v) is 8.07. The molecule has 1 amide bonds. The fourth-order valence-electron chi connectivity index (χ4n) is 2.73. The molecule has 0 aliphatic carbocycles. The molecule has 0 aliphatic rings. The van der Waals surface area contributed by atoms with Gasteiger partial charge in [-0.2, -0.15) is 0 Å². The Labute approximate surface area is 153 Å². The van der Waals surface area contributed by atoms with Crippen LogP contribution in [-0.2, 0) is 11.2 Å². The zero-order valence-corrected chi connectivity index (χ0v) is 14.9. The van der Waals surface area contributed by atoms with Crippen molar-refractivity contribution >= 4 is 29.4 Å². The summed E-state index contributed by atoms with van der Waals surface area (Å²) in [5.74, 6) is 0.219. The van der Waals surface area contributed by atoms with E-state index in [1.54, 1.807) is 0 Å². The normalized spacial score (nSPS) is 11.8. The number of nitrogens with one attached hydrogen (secondary N) is 1. The SMILES string of the molecule is Cc1cccc2oc(CCNC(=O)C(CN)c3ccccc3)nc12.Cl. The van der Waals surface area contributed by atoms with Crippen LogP contribution >= 0.6 is 12.4 Å². The van der Waals surface area contributed by atoms with Crippen LogP contribution in [0.5, 0.6) is 0 Å². The Morgan fingerprint density at radius 3 is 2.64 bits per heavy atom. The summed E-state index contributed by atoms with van der Waals surface area (Å²) in [5, 5.41) is 2.92. The second kappa shape index (κ2) is 8.65. The maximum Gasteiger partial charge on any atom is 0.228 e. The number of amides is 1. The number of hydrogen-bond donors (Lipinski definition) is 2. The van der Waals surface area contributed by atoms with Gasteiger partial charge < -0.3 is 15.5 Å². The van der Waals surface area contributed by atoms with Crippen LogP contribution in [0.4, 0.5) is 0 Å². The molecule has 0 saturated carbocycles. The third kappa shape index (κ3) is 4.38. The molecule has 3 rings (SSSR count). The highest BCUT2D eigenvalue weighted by molar-refractivity contribution is 5.85. The molecule has 0 fully saturated rings. The summed E-state index contributed by atoms with van der Waals surface area (Å²) < 4.78 is 5.72. The molecular weight excluding hydrogens is 338 g/mol. The molecule has 6 heteroatoms. The molecule has 1 aromatic heterocycles. The highest BCUT2D eigenvalue weighted by Gasteiger charge is 2.18. The number of nitrogens with zero attached hydrogens (tertiary/aromatic N) is 1. The van der Waals surface area contributed by atoms with Crippen molar-refractivity contribution in [3.63, 3.8) is 0 Å². The first-order valence-electron chi connectivity index (χ1n) is 8.07. The van der Waals surface area contributed by atoms with Gasteiger partial charge in [0.25, 0.3) is 0 Å². The number of hydrogen-bond acceptors (Lipinski definition) is 4. The first kappa shape index (κ1) is 19.0. The van der Waals surface area contributed by atoms with E-state index in [9.17, 15) is 4.79 Å². The van der Waals surface area contributed by atoms with Gasteiger partial charge in [-0.3, -0.25) is 4.79 Å². The molecule has 1 unspecified atom stereocenters. The van der Waals surface area contributed by atoms with Gasteiger partial charge >= 0.3 is 0 Å². The molecule has 0 spiro atoms. The largest absolute Gasteiger partial charge is 0.441 e. The third-order valence-electron chi connectivity index (χ3n) is 4.06. The van der Waals surface area contributed by atoms with Gasteiger partial charge in [-0.15, -0.1) is 12.4 Å². The lowest BCUT2D eigenvalue weighted by Gasteiger charge is -2.14. The lowest BCUT2D eigenvalue weighted by atomic mass is 9.98. The van der Waals surface area contributed by atoms with Crippen LogP contribution in [0.3, 0.4) is 0 Å². The molecule has 3 aromatic rings. The summed E-state index contributed by atoms with van der Waals surface area (Å²) >= 11 is 0. The monoisotopic (exact) mass is 359 g/mol. The van der Waals surface area contributed by atoms with E-state index in [2.05, 4.69) is 10.3 Å². The van der Waals surface area contributed by atoms with Crippen molar-refractivity contribution in [2.45, 2.75) is 19.3 Å². The van der Waals surface area contributed by atoms with Crippen molar-refractivity contribution in [1.82, 2.24) is 10.3 Å². The first-order chi connectivity index (χ1) is 11.7. The lowest BCUT2D eigenvalue weighted by Crippen LogP contribution is -2.34. The van der Waals surface area contributed by atoms with Crippen LogP contribution in [0.2, 0.25) is 0 Å². The van der Waals surface area contributed by atoms with Crippen LogP contribution in [0, 0.1) is 6.92 Å². The van der Waals surface area contributed by atoms with Crippen molar-refractivity contribution in [1.29, 1.82) is 0 Å². The number of aromatic nitrogens is 1. The van der Waals surface area contributed by atoms with E-state index in [4.69, 9.17) is 10.2 Å². The predicted molar refractivity (Wildman–Crippen MR) is 101 cm³/mol. The minimum atomic E-state index is -0.336. The Kier molecular flexibility index (Phi) is 6.56. The van der Waals surface area contributed by atoms with Gasteiger partial charge in [0.2, 0.25) is 5.91 Å². The molecule has 132 valence electrons. The molecule has 3 N–H and O–H groups in total. The third-order valence-corrected chi connectivity index (χ3v) is 4.06. The number of oxazole rings is 1. The topological polar surface area (TPSA) is 81.2 Å². The number of carbonyl (C=O) groups is 1. The number of nitrogens with two attached hydrogens (primary N) is 1. The number of rotatable bonds is 6. The summed E-state index contributed by atoms with van der Waals surface area (Å²) in [5.41, 5.74) is 9.43. The van der Waals surface area contributed by atoms with E-state index in [-0.39, 0.29) is 30.8 Å².